The third-order valence-electron chi connectivity index (χ3n) is 2.66. The first-order valence-electron chi connectivity index (χ1n) is 6.26. The summed E-state index contributed by atoms with van der Waals surface area (Å²) in [5.41, 5.74) is 2.54. The van der Waals surface area contributed by atoms with Crippen LogP contribution in [0.3, 0.4) is 0 Å². The number of aryl methyl sites for hydroxylation is 1. The Labute approximate surface area is 126 Å². The van der Waals surface area contributed by atoms with Gasteiger partial charge in [-0.1, -0.05) is 6.07 Å². The van der Waals surface area contributed by atoms with E-state index in [0.717, 1.165) is 10.2 Å². The molecular weight excluding hydrogens is 320 g/mol. The van der Waals surface area contributed by atoms with E-state index in [0.29, 0.717) is 18.0 Å². The second kappa shape index (κ2) is 6.52. The third kappa shape index (κ3) is 3.57. The van der Waals surface area contributed by atoms with Crippen LogP contribution in [0.25, 0.3) is 0 Å². The molecule has 0 amide bonds. The zero-order valence-electron chi connectivity index (χ0n) is 11.3. The predicted octanol–water partition coefficient (Wildman–Crippen LogP) is 4.07. The molecule has 1 N–H and O–H groups in total. The smallest absolute Gasteiger partial charge is 0.339 e. The molecule has 0 unspecified atom stereocenters. The molecule has 0 aliphatic heterocycles. The van der Waals surface area contributed by atoms with Gasteiger partial charge in [0.2, 0.25) is 0 Å². The maximum Gasteiger partial charge on any atom is 0.339 e. The quantitative estimate of drug-likeness (QED) is 0.856. The van der Waals surface area contributed by atoms with E-state index in [4.69, 9.17) is 4.74 Å². The van der Waals surface area contributed by atoms with Gasteiger partial charge in [-0.3, -0.25) is 0 Å². The zero-order chi connectivity index (χ0) is 14.5. The molecule has 0 atom stereocenters. The van der Waals surface area contributed by atoms with E-state index in [-0.39, 0.29) is 5.97 Å². The number of benzene rings is 1. The molecule has 1 aromatic carbocycles. The molecule has 0 bridgehead atoms. The molecule has 2 aromatic rings. The fourth-order valence-electron chi connectivity index (χ4n) is 1.66. The molecule has 0 aliphatic carbocycles. The fourth-order valence-corrected chi connectivity index (χ4v) is 2.25. The van der Waals surface area contributed by atoms with Crippen LogP contribution in [0.2, 0.25) is 0 Å². The number of rotatable bonds is 4. The van der Waals surface area contributed by atoms with Gasteiger partial charge in [0.15, 0.2) is 0 Å². The maximum atomic E-state index is 11.5. The number of nitrogens with one attached hydrogen (secondary N) is 1. The number of halogens is 1. The number of nitrogens with zero attached hydrogens (tertiary/aromatic N) is 1. The Bertz CT molecular complexity index is 612. The summed E-state index contributed by atoms with van der Waals surface area (Å²) in [7, 11) is 0. The number of anilines is 2. The lowest BCUT2D eigenvalue weighted by atomic mass is 10.2. The van der Waals surface area contributed by atoms with Crippen molar-refractivity contribution in [3.8, 4) is 0 Å². The highest BCUT2D eigenvalue weighted by molar-refractivity contribution is 9.10. The van der Waals surface area contributed by atoms with Gasteiger partial charge in [-0.25, -0.2) is 9.78 Å². The van der Waals surface area contributed by atoms with E-state index >= 15 is 0 Å². The molecule has 104 valence electrons. The van der Waals surface area contributed by atoms with Crippen LogP contribution in [-0.4, -0.2) is 17.6 Å². The Morgan fingerprint density at radius 1 is 1.35 bits per heavy atom. The van der Waals surface area contributed by atoms with Crippen LogP contribution >= 0.6 is 15.9 Å². The number of carbonyl (C=O) groups excluding carboxylic acids is 1. The number of aromatic nitrogens is 1. The molecule has 2 rings (SSSR count). The summed E-state index contributed by atoms with van der Waals surface area (Å²) in [4.78, 5) is 15.7. The Morgan fingerprint density at radius 3 is 2.75 bits per heavy atom. The van der Waals surface area contributed by atoms with Gasteiger partial charge in [-0.15, -0.1) is 0 Å². The van der Waals surface area contributed by atoms with Crippen LogP contribution in [0, 0.1) is 6.92 Å². The summed E-state index contributed by atoms with van der Waals surface area (Å²) in [5, 5.41) is 3.19. The standard InChI is InChI=1S/C15H15BrN2O2/c1-3-20-15(19)11-5-7-14(17-9-11)18-13-6-4-10(2)8-12(13)16/h4-9H,3H2,1-2H3,(H,17,18). The largest absolute Gasteiger partial charge is 0.462 e. The number of ether oxygens (including phenoxy) is 1. The minimum absolute atomic E-state index is 0.356. The van der Waals surface area contributed by atoms with Crippen molar-refractivity contribution in [2.75, 3.05) is 11.9 Å². The van der Waals surface area contributed by atoms with E-state index in [1.54, 1.807) is 19.1 Å². The van der Waals surface area contributed by atoms with E-state index in [9.17, 15) is 4.79 Å². The second-order valence-corrected chi connectivity index (χ2v) is 5.12. The van der Waals surface area contributed by atoms with Crippen molar-refractivity contribution >= 4 is 33.4 Å². The summed E-state index contributed by atoms with van der Waals surface area (Å²) in [5.74, 6) is 0.311. The average molecular weight is 335 g/mol. The predicted molar refractivity (Wildman–Crippen MR) is 82.4 cm³/mol. The summed E-state index contributed by atoms with van der Waals surface area (Å²) >= 11 is 3.50. The van der Waals surface area contributed by atoms with E-state index < -0.39 is 0 Å². The molecule has 20 heavy (non-hydrogen) atoms. The first-order valence-corrected chi connectivity index (χ1v) is 7.06. The van der Waals surface area contributed by atoms with Gasteiger partial charge >= 0.3 is 5.97 Å². The summed E-state index contributed by atoms with van der Waals surface area (Å²) in [6.45, 7) is 4.16. The molecule has 4 nitrogen and oxygen atoms in total. The molecular formula is C15H15BrN2O2. The molecule has 0 fully saturated rings. The first-order chi connectivity index (χ1) is 9.60. The molecule has 0 saturated heterocycles. The normalized spacial score (nSPS) is 10.2. The van der Waals surface area contributed by atoms with Crippen molar-refractivity contribution in [1.29, 1.82) is 0 Å². The molecule has 1 heterocycles. The number of carbonyl (C=O) groups is 1. The highest BCUT2D eigenvalue weighted by Crippen LogP contribution is 2.26. The number of esters is 1. The van der Waals surface area contributed by atoms with E-state index in [1.807, 2.05) is 25.1 Å². The minimum Gasteiger partial charge on any atom is -0.462 e. The van der Waals surface area contributed by atoms with Crippen molar-refractivity contribution in [3.05, 3.63) is 52.1 Å². The Morgan fingerprint density at radius 2 is 2.15 bits per heavy atom. The Hall–Kier alpha value is -1.88. The van der Waals surface area contributed by atoms with Crippen molar-refractivity contribution in [2.45, 2.75) is 13.8 Å². The van der Waals surface area contributed by atoms with Crippen molar-refractivity contribution < 1.29 is 9.53 Å². The van der Waals surface area contributed by atoms with Crippen LogP contribution in [0.4, 0.5) is 11.5 Å². The third-order valence-corrected chi connectivity index (χ3v) is 3.32. The molecule has 0 saturated carbocycles. The minimum atomic E-state index is -0.358. The first kappa shape index (κ1) is 14.5. The van der Waals surface area contributed by atoms with E-state index in [1.165, 1.54) is 11.8 Å². The Kier molecular flexibility index (Phi) is 4.74. The van der Waals surface area contributed by atoms with E-state index in [2.05, 4.69) is 26.2 Å². The lowest BCUT2D eigenvalue weighted by Gasteiger charge is -2.09. The summed E-state index contributed by atoms with van der Waals surface area (Å²) < 4.78 is 5.88. The van der Waals surface area contributed by atoms with Gasteiger partial charge < -0.3 is 10.1 Å². The van der Waals surface area contributed by atoms with Gasteiger partial charge in [-0.2, -0.15) is 0 Å². The molecule has 1 aromatic heterocycles. The topological polar surface area (TPSA) is 51.2 Å². The summed E-state index contributed by atoms with van der Waals surface area (Å²) in [6.07, 6.45) is 1.50. The number of pyridine rings is 1. The van der Waals surface area contributed by atoms with Crippen LogP contribution in [0.1, 0.15) is 22.8 Å². The highest BCUT2D eigenvalue weighted by Gasteiger charge is 2.07. The number of hydrogen-bond acceptors (Lipinski definition) is 4. The monoisotopic (exact) mass is 334 g/mol. The van der Waals surface area contributed by atoms with Crippen molar-refractivity contribution in [3.63, 3.8) is 0 Å². The van der Waals surface area contributed by atoms with Crippen LogP contribution in [0.15, 0.2) is 41.0 Å². The lowest BCUT2D eigenvalue weighted by Crippen LogP contribution is -2.05. The van der Waals surface area contributed by atoms with Crippen molar-refractivity contribution in [1.82, 2.24) is 4.98 Å². The lowest BCUT2D eigenvalue weighted by molar-refractivity contribution is 0.0526. The molecule has 5 heteroatoms. The van der Waals surface area contributed by atoms with Crippen LogP contribution in [0.5, 0.6) is 0 Å². The second-order valence-electron chi connectivity index (χ2n) is 4.26. The van der Waals surface area contributed by atoms with Gasteiger partial charge in [0.1, 0.15) is 5.82 Å². The fraction of sp³-hybridized carbons (Fsp3) is 0.200. The number of hydrogen-bond donors (Lipinski definition) is 1. The van der Waals surface area contributed by atoms with Crippen molar-refractivity contribution in [2.24, 2.45) is 0 Å². The van der Waals surface area contributed by atoms with Crippen LogP contribution < -0.4 is 5.32 Å². The van der Waals surface area contributed by atoms with Gasteiger partial charge in [0.25, 0.3) is 0 Å². The highest BCUT2D eigenvalue weighted by atomic mass is 79.9. The molecule has 0 aliphatic rings. The van der Waals surface area contributed by atoms with Gasteiger partial charge in [0.05, 0.1) is 17.9 Å². The zero-order valence-corrected chi connectivity index (χ0v) is 12.9. The van der Waals surface area contributed by atoms with Gasteiger partial charge in [-0.05, 0) is 59.6 Å². The molecule has 0 spiro atoms. The van der Waals surface area contributed by atoms with Crippen LogP contribution in [-0.2, 0) is 4.74 Å². The average Bonchev–Trinajstić information content (AvgIpc) is 2.43. The Balaban J connectivity index is 2.12. The molecule has 0 radical (unpaired) electrons. The summed E-state index contributed by atoms with van der Waals surface area (Å²) in [6, 6.07) is 9.45. The van der Waals surface area contributed by atoms with Gasteiger partial charge in [0, 0.05) is 10.7 Å². The maximum absolute atomic E-state index is 11.5. The SMILES string of the molecule is CCOC(=O)c1ccc(Nc2ccc(C)cc2Br)nc1.